The van der Waals surface area contributed by atoms with Crippen LogP contribution in [-0.4, -0.2) is 14.9 Å². The zero-order valence-corrected chi connectivity index (χ0v) is 13.1. The van der Waals surface area contributed by atoms with Gasteiger partial charge in [-0.05, 0) is 50.5 Å². The van der Waals surface area contributed by atoms with Crippen LogP contribution < -0.4 is 0 Å². The van der Waals surface area contributed by atoms with Gasteiger partial charge in [0.15, 0.2) is 0 Å². The normalized spacial score (nSPS) is 15.7. The first-order chi connectivity index (χ1) is 9.83. The summed E-state index contributed by atoms with van der Waals surface area (Å²) in [5.74, 6) is -0.294. The standard InChI is InChI=1S/C17H23FN2O/c1-5-13(3)20-9-8-15(19-20)11-17(4,21)14-7-6-12(2)16(18)10-14/h6-10,13,21H,5,11H2,1-4H3. The van der Waals surface area contributed by atoms with Gasteiger partial charge in [-0.15, -0.1) is 0 Å². The van der Waals surface area contributed by atoms with Gasteiger partial charge in [0.05, 0.1) is 11.3 Å². The molecule has 0 spiro atoms. The van der Waals surface area contributed by atoms with Crippen molar-refractivity contribution in [3.63, 3.8) is 0 Å². The smallest absolute Gasteiger partial charge is 0.126 e. The Morgan fingerprint density at radius 2 is 2.10 bits per heavy atom. The van der Waals surface area contributed by atoms with Crippen LogP contribution >= 0.6 is 0 Å². The molecule has 2 atom stereocenters. The maximum Gasteiger partial charge on any atom is 0.126 e. The Balaban J connectivity index is 2.20. The predicted octanol–water partition coefficient (Wildman–Crippen LogP) is 3.75. The third-order valence-electron chi connectivity index (χ3n) is 4.03. The first kappa shape index (κ1) is 15.7. The molecule has 0 saturated heterocycles. The molecule has 0 saturated carbocycles. The third-order valence-corrected chi connectivity index (χ3v) is 4.03. The van der Waals surface area contributed by atoms with Gasteiger partial charge in [0.2, 0.25) is 0 Å². The van der Waals surface area contributed by atoms with Crippen molar-refractivity contribution >= 4 is 0 Å². The van der Waals surface area contributed by atoms with Crippen LogP contribution in [-0.2, 0) is 12.0 Å². The summed E-state index contributed by atoms with van der Waals surface area (Å²) in [4.78, 5) is 0. The Morgan fingerprint density at radius 3 is 2.71 bits per heavy atom. The van der Waals surface area contributed by atoms with Gasteiger partial charge in [-0.1, -0.05) is 19.1 Å². The first-order valence-electron chi connectivity index (χ1n) is 7.36. The van der Waals surface area contributed by atoms with Crippen molar-refractivity contribution in [3.8, 4) is 0 Å². The minimum Gasteiger partial charge on any atom is -0.385 e. The van der Waals surface area contributed by atoms with E-state index in [0.29, 0.717) is 23.6 Å². The molecule has 0 fully saturated rings. The van der Waals surface area contributed by atoms with Crippen molar-refractivity contribution < 1.29 is 9.50 Å². The zero-order valence-electron chi connectivity index (χ0n) is 13.1. The Bertz CT molecular complexity index is 619. The minimum absolute atomic E-state index is 0.294. The zero-order chi connectivity index (χ0) is 15.6. The fourth-order valence-corrected chi connectivity index (χ4v) is 2.29. The van der Waals surface area contributed by atoms with Crippen LogP contribution in [0, 0.1) is 12.7 Å². The molecule has 1 heterocycles. The van der Waals surface area contributed by atoms with Crippen LogP contribution in [0.3, 0.4) is 0 Å². The molecule has 1 aromatic heterocycles. The lowest BCUT2D eigenvalue weighted by Gasteiger charge is -2.23. The van der Waals surface area contributed by atoms with Crippen LogP contribution in [0.4, 0.5) is 4.39 Å². The van der Waals surface area contributed by atoms with Crippen LogP contribution in [0.5, 0.6) is 0 Å². The molecule has 4 heteroatoms. The molecule has 0 aliphatic heterocycles. The van der Waals surface area contributed by atoms with Crippen molar-refractivity contribution in [2.75, 3.05) is 0 Å². The number of benzene rings is 1. The highest BCUT2D eigenvalue weighted by atomic mass is 19.1. The van der Waals surface area contributed by atoms with Gasteiger partial charge < -0.3 is 5.11 Å². The quantitative estimate of drug-likeness (QED) is 0.910. The second-order valence-corrected chi connectivity index (χ2v) is 5.96. The molecule has 0 amide bonds. The molecule has 1 aromatic carbocycles. The molecule has 21 heavy (non-hydrogen) atoms. The largest absolute Gasteiger partial charge is 0.385 e. The van der Waals surface area contributed by atoms with Gasteiger partial charge >= 0.3 is 0 Å². The van der Waals surface area contributed by atoms with Gasteiger partial charge in [-0.2, -0.15) is 5.10 Å². The number of aromatic nitrogens is 2. The number of nitrogens with zero attached hydrogens (tertiary/aromatic N) is 2. The topological polar surface area (TPSA) is 38.0 Å². The van der Waals surface area contributed by atoms with Crippen molar-refractivity contribution in [2.24, 2.45) is 0 Å². The Labute approximate surface area is 125 Å². The molecule has 0 bridgehead atoms. The summed E-state index contributed by atoms with van der Waals surface area (Å²) in [7, 11) is 0. The highest BCUT2D eigenvalue weighted by molar-refractivity contribution is 5.28. The number of hydrogen-bond acceptors (Lipinski definition) is 2. The van der Waals surface area contributed by atoms with Crippen molar-refractivity contribution in [1.82, 2.24) is 9.78 Å². The SMILES string of the molecule is CCC(C)n1ccc(CC(C)(O)c2ccc(C)c(F)c2)n1. The maximum atomic E-state index is 13.7. The van der Waals surface area contributed by atoms with Crippen LogP contribution in [0.1, 0.15) is 50.1 Å². The summed E-state index contributed by atoms with van der Waals surface area (Å²) in [6, 6.07) is 7.10. The molecule has 0 aliphatic rings. The number of halogens is 1. The Hall–Kier alpha value is -1.68. The summed E-state index contributed by atoms with van der Waals surface area (Å²) in [6.45, 7) is 7.61. The fourth-order valence-electron chi connectivity index (χ4n) is 2.29. The minimum atomic E-state index is -1.14. The van der Waals surface area contributed by atoms with Crippen molar-refractivity contribution in [1.29, 1.82) is 0 Å². The van der Waals surface area contributed by atoms with Crippen LogP contribution in [0.25, 0.3) is 0 Å². The van der Waals surface area contributed by atoms with Gasteiger partial charge in [0.1, 0.15) is 5.82 Å². The predicted molar refractivity (Wildman–Crippen MR) is 81.6 cm³/mol. The monoisotopic (exact) mass is 290 g/mol. The van der Waals surface area contributed by atoms with E-state index in [1.54, 1.807) is 26.0 Å². The number of hydrogen-bond donors (Lipinski definition) is 1. The average Bonchev–Trinajstić information content (AvgIpc) is 2.88. The molecule has 114 valence electrons. The highest BCUT2D eigenvalue weighted by Crippen LogP contribution is 2.26. The maximum absolute atomic E-state index is 13.7. The molecule has 2 aromatic rings. The van der Waals surface area contributed by atoms with Gasteiger partial charge in [0.25, 0.3) is 0 Å². The summed E-state index contributed by atoms with van der Waals surface area (Å²) in [6.07, 6.45) is 3.29. The fraction of sp³-hybridized carbons (Fsp3) is 0.471. The lowest BCUT2D eigenvalue weighted by Crippen LogP contribution is -2.25. The van der Waals surface area contributed by atoms with E-state index in [2.05, 4.69) is 18.9 Å². The lowest BCUT2D eigenvalue weighted by molar-refractivity contribution is 0.0560. The van der Waals surface area contributed by atoms with Crippen LogP contribution in [0.15, 0.2) is 30.5 Å². The molecular formula is C17H23FN2O. The average molecular weight is 290 g/mol. The summed E-state index contributed by atoms with van der Waals surface area (Å²) >= 11 is 0. The second-order valence-electron chi connectivity index (χ2n) is 5.96. The van der Waals surface area contributed by atoms with E-state index in [0.717, 1.165) is 12.1 Å². The Kier molecular flexibility index (Phi) is 4.47. The molecule has 3 nitrogen and oxygen atoms in total. The van der Waals surface area contributed by atoms with Crippen molar-refractivity contribution in [3.05, 3.63) is 53.1 Å². The first-order valence-corrected chi connectivity index (χ1v) is 7.36. The van der Waals surface area contributed by atoms with E-state index in [1.807, 2.05) is 16.9 Å². The third kappa shape index (κ3) is 3.50. The number of aryl methyl sites for hydroxylation is 1. The lowest BCUT2D eigenvalue weighted by atomic mass is 9.90. The van der Waals surface area contributed by atoms with Gasteiger partial charge in [0, 0.05) is 18.7 Å². The summed E-state index contributed by atoms with van der Waals surface area (Å²) in [5, 5.41) is 15.1. The number of rotatable bonds is 5. The van der Waals surface area contributed by atoms with Gasteiger partial charge in [-0.3, -0.25) is 4.68 Å². The van der Waals surface area contributed by atoms with Gasteiger partial charge in [-0.25, -0.2) is 4.39 Å². The Morgan fingerprint density at radius 1 is 1.38 bits per heavy atom. The second kappa shape index (κ2) is 5.98. The van der Waals surface area contributed by atoms with E-state index in [9.17, 15) is 9.50 Å². The van der Waals surface area contributed by atoms with Crippen molar-refractivity contribution in [2.45, 2.75) is 52.2 Å². The summed E-state index contributed by atoms with van der Waals surface area (Å²) in [5.41, 5.74) is 0.823. The summed E-state index contributed by atoms with van der Waals surface area (Å²) < 4.78 is 15.6. The molecule has 2 unspecified atom stereocenters. The van der Waals surface area contributed by atoms with E-state index in [1.165, 1.54) is 6.07 Å². The number of aliphatic hydroxyl groups is 1. The van der Waals surface area contributed by atoms with Crippen LogP contribution in [0.2, 0.25) is 0 Å². The highest BCUT2D eigenvalue weighted by Gasteiger charge is 2.25. The van der Waals surface area contributed by atoms with E-state index in [4.69, 9.17) is 0 Å². The van der Waals surface area contributed by atoms with E-state index >= 15 is 0 Å². The molecule has 1 N–H and O–H groups in total. The molecular weight excluding hydrogens is 267 g/mol. The molecule has 0 radical (unpaired) electrons. The molecule has 0 aliphatic carbocycles. The van der Waals surface area contributed by atoms with E-state index in [-0.39, 0.29) is 5.82 Å². The molecule has 2 rings (SSSR count). The van der Waals surface area contributed by atoms with E-state index < -0.39 is 5.60 Å².